The smallest absolute Gasteiger partial charge is 0.204 e. The van der Waals surface area contributed by atoms with Crippen LogP contribution in [-0.2, 0) is 0 Å². The van der Waals surface area contributed by atoms with Gasteiger partial charge in [0.2, 0.25) is 5.13 Å². The minimum Gasteiger partial charge on any atom is -0.497 e. The minimum absolute atomic E-state index is 0.796. The van der Waals surface area contributed by atoms with Gasteiger partial charge in [-0.05, 0) is 38.1 Å². The van der Waals surface area contributed by atoms with Crippen molar-refractivity contribution >= 4 is 22.2 Å². The van der Waals surface area contributed by atoms with Crippen LogP contribution in [0.2, 0.25) is 0 Å². The fraction of sp³-hybridized carbons (Fsp3) is 0.250. The van der Waals surface area contributed by atoms with Gasteiger partial charge in [0.1, 0.15) is 5.75 Å². The molecule has 0 atom stereocenters. The molecule has 0 saturated heterocycles. The molecule has 0 bridgehead atoms. The summed E-state index contributed by atoms with van der Waals surface area (Å²) in [5.41, 5.74) is 1.91. The molecular formula is C12H15N3OS. The zero-order valence-electron chi connectivity index (χ0n) is 10.1. The molecule has 90 valence electrons. The van der Waals surface area contributed by atoms with Crippen LogP contribution in [0.5, 0.6) is 5.75 Å². The van der Waals surface area contributed by atoms with Crippen LogP contribution >= 0.6 is 11.3 Å². The molecule has 0 fully saturated rings. The van der Waals surface area contributed by atoms with Crippen LogP contribution in [0.3, 0.4) is 0 Å². The third-order valence-corrected chi connectivity index (χ3v) is 3.65. The van der Waals surface area contributed by atoms with Crippen molar-refractivity contribution < 1.29 is 4.74 Å². The Kier molecular flexibility index (Phi) is 3.31. The van der Waals surface area contributed by atoms with Gasteiger partial charge in [-0.15, -0.1) is 11.3 Å². The number of nitrogens with zero attached hydrogens (tertiary/aromatic N) is 2. The Balaban J connectivity index is 2.26. The number of aromatic nitrogens is 1. The summed E-state index contributed by atoms with van der Waals surface area (Å²) in [4.78, 5) is 5.60. The summed E-state index contributed by atoms with van der Waals surface area (Å²) in [5.74, 6) is 6.84. The topological polar surface area (TPSA) is 51.4 Å². The molecule has 0 aliphatic carbocycles. The molecule has 0 saturated carbocycles. The maximum absolute atomic E-state index is 6.03. The minimum atomic E-state index is 0.796. The predicted octanol–water partition coefficient (Wildman–Crippen LogP) is 2.78. The van der Waals surface area contributed by atoms with Crippen LogP contribution < -0.4 is 15.6 Å². The van der Waals surface area contributed by atoms with E-state index in [2.05, 4.69) is 4.98 Å². The van der Waals surface area contributed by atoms with E-state index < -0.39 is 0 Å². The molecule has 0 aliphatic rings. The third-order valence-electron chi connectivity index (χ3n) is 2.57. The Morgan fingerprint density at radius 1 is 1.24 bits per heavy atom. The van der Waals surface area contributed by atoms with Crippen molar-refractivity contribution in [3.63, 3.8) is 0 Å². The molecule has 0 aliphatic heterocycles. The van der Waals surface area contributed by atoms with Crippen LogP contribution in [0, 0.1) is 13.8 Å². The molecule has 0 unspecified atom stereocenters. The number of hydrazine groups is 1. The summed E-state index contributed by atoms with van der Waals surface area (Å²) in [7, 11) is 1.64. The van der Waals surface area contributed by atoms with E-state index >= 15 is 0 Å². The van der Waals surface area contributed by atoms with E-state index in [9.17, 15) is 0 Å². The average molecular weight is 249 g/mol. The molecule has 0 spiro atoms. The second-order valence-electron chi connectivity index (χ2n) is 3.71. The number of anilines is 2. The van der Waals surface area contributed by atoms with Crippen LogP contribution in [-0.4, -0.2) is 12.1 Å². The quantitative estimate of drug-likeness (QED) is 0.671. The van der Waals surface area contributed by atoms with Gasteiger partial charge in [-0.2, -0.15) is 0 Å². The number of aryl methyl sites for hydroxylation is 2. The second-order valence-corrected chi connectivity index (χ2v) is 4.89. The lowest BCUT2D eigenvalue weighted by atomic mass is 10.3. The number of thiazole rings is 1. The highest BCUT2D eigenvalue weighted by atomic mass is 32.1. The molecule has 0 radical (unpaired) electrons. The SMILES string of the molecule is COc1ccc(N(N)c2nc(C)c(C)s2)cc1. The molecule has 4 nitrogen and oxygen atoms in total. The molecule has 1 aromatic heterocycles. The molecule has 1 aromatic carbocycles. The lowest BCUT2D eigenvalue weighted by molar-refractivity contribution is 0.415. The lowest BCUT2D eigenvalue weighted by Crippen LogP contribution is -2.24. The van der Waals surface area contributed by atoms with Gasteiger partial charge in [0, 0.05) is 4.88 Å². The third kappa shape index (κ3) is 2.40. The Hall–Kier alpha value is -1.59. The van der Waals surface area contributed by atoms with Crippen molar-refractivity contribution in [2.75, 3.05) is 12.1 Å². The number of rotatable bonds is 3. The molecule has 2 rings (SSSR count). The molecule has 17 heavy (non-hydrogen) atoms. The second kappa shape index (κ2) is 4.73. The van der Waals surface area contributed by atoms with Gasteiger partial charge in [0.15, 0.2) is 0 Å². The molecule has 2 N–H and O–H groups in total. The van der Waals surface area contributed by atoms with E-state index in [-0.39, 0.29) is 0 Å². The van der Waals surface area contributed by atoms with Crippen molar-refractivity contribution in [2.24, 2.45) is 5.84 Å². The predicted molar refractivity (Wildman–Crippen MR) is 70.9 cm³/mol. The Labute approximate surface area is 105 Å². The summed E-state index contributed by atoms with van der Waals surface area (Å²) in [6.45, 7) is 4.02. The first kappa shape index (κ1) is 11.9. The fourth-order valence-electron chi connectivity index (χ4n) is 1.41. The average Bonchev–Trinajstić information content (AvgIpc) is 2.69. The van der Waals surface area contributed by atoms with E-state index in [0.717, 1.165) is 22.3 Å². The largest absolute Gasteiger partial charge is 0.497 e. The van der Waals surface area contributed by atoms with Crippen LogP contribution in [0.1, 0.15) is 10.6 Å². The molecule has 1 heterocycles. The lowest BCUT2D eigenvalue weighted by Gasteiger charge is -2.15. The number of hydrogen-bond donors (Lipinski definition) is 1. The first-order chi connectivity index (χ1) is 8.11. The van der Waals surface area contributed by atoms with E-state index in [1.807, 2.05) is 38.1 Å². The van der Waals surface area contributed by atoms with Gasteiger partial charge in [-0.25, -0.2) is 10.8 Å². The number of methoxy groups -OCH3 is 1. The van der Waals surface area contributed by atoms with Crippen LogP contribution in [0.4, 0.5) is 10.8 Å². The highest BCUT2D eigenvalue weighted by Crippen LogP contribution is 2.29. The first-order valence-electron chi connectivity index (χ1n) is 5.24. The van der Waals surface area contributed by atoms with E-state index in [1.54, 1.807) is 23.5 Å². The monoisotopic (exact) mass is 249 g/mol. The van der Waals surface area contributed by atoms with Crippen molar-refractivity contribution in [1.82, 2.24) is 4.98 Å². The number of nitrogens with two attached hydrogens (primary N) is 1. The van der Waals surface area contributed by atoms with Gasteiger partial charge in [0.05, 0.1) is 18.5 Å². The Bertz CT molecular complexity index is 487. The van der Waals surface area contributed by atoms with Crippen molar-refractivity contribution in [1.29, 1.82) is 0 Å². The van der Waals surface area contributed by atoms with Crippen molar-refractivity contribution in [3.05, 3.63) is 34.8 Å². The van der Waals surface area contributed by atoms with Crippen molar-refractivity contribution in [3.8, 4) is 5.75 Å². The van der Waals surface area contributed by atoms with E-state index in [4.69, 9.17) is 10.6 Å². The molecule has 2 aromatic rings. The zero-order chi connectivity index (χ0) is 12.4. The molecule has 0 amide bonds. The summed E-state index contributed by atoms with van der Waals surface area (Å²) in [6, 6.07) is 7.57. The van der Waals surface area contributed by atoms with E-state index in [1.165, 1.54) is 4.88 Å². The molecular weight excluding hydrogens is 234 g/mol. The summed E-state index contributed by atoms with van der Waals surface area (Å²) >= 11 is 1.59. The zero-order valence-corrected chi connectivity index (χ0v) is 10.9. The van der Waals surface area contributed by atoms with Crippen molar-refractivity contribution in [2.45, 2.75) is 13.8 Å². The highest BCUT2D eigenvalue weighted by Gasteiger charge is 2.10. The van der Waals surface area contributed by atoms with Gasteiger partial charge in [-0.3, -0.25) is 5.01 Å². The first-order valence-corrected chi connectivity index (χ1v) is 6.06. The van der Waals surface area contributed by atoms with E-state index in [0.29, 0.717) is 0 Å². The summed E-state index contributed by atoms with van der Waals surface area (Å²) in [6.07, 6.45) is 0. The maximum Gasteiger partial charge on any atom is 0.204 e. The fourth-order valence-corrected chi connectivity index (χ4v) is 2.27. The Morgan fingerprint density at radius 2 is 1.88 bits per heavy atom. The Morgan fingerprint density at radius 3 is 2.35 bits per heavy atom. The summed E-state index contributed by atoms with van der Waals surface area (Å²) in [5, 5.41) is 2.38. The molecule has 5 heteroatoms. The standard InChI is InChI=1S/C12H15N3OS/c1-8-9(2)17-12(14-8)15(13)10-4-6-11(16-3)7-5-10/h4-7H,13H2,1-3H3. The van der Waals surface area contributed by atoms with Gasteiger partial charge in [0.25, 0.3) is 0 Å². The van der Waals surface area contributed by atoms with Gasteiger partial charge >= 0.3 is 0 Å². The normalized spacial score (nSPS) is 10.4. The van der Waals surface area contributed by atoms with Crippen LogP contribution in [0.15, 0.2) is 24.3 Å². The van der Waals surface area contributed by atoms with Gasteiger partial charge in [-0.1, -0.05) is 0 Å². The van der Waals surface area contributed by atoms with Gasteiger partial charge < -0.3 is 4.74 Å². The number of ether oxygens (including phenoxy) is 1. The summed E-state index contributed by atoms with van der Waals surface area (Å²) < 4.78 is 5.11. The number of hydrogen-bond acceptors (Lipinski definition) is 5. The highest BCUT2D eigenvalue weighted by molar-refractivity contribution is 7.15. The number of benzene rings is 1. The maximum atomic E-state index is 6.03. The van der Waals surface area contributed by atoms with Crippen LogP contribution in [0.25, 0.3) is 0 Å².